The average Bonchev–Trinajstić information content (AvgIpc) is 3.46. The zero-order valence-electron chi connectivity index (χ0n) is 22.3. The van der Waals surface area contributed by atoms with Gasteiger partial charge in [-0.3, -0.25) is 19.3 Å². The van der Waals surface area contributed by atoms with Crippen molar-refractivity contribution < 1.29 is 23.9 Å². The summed E-state index contributed by atoms with van der Waals surface area (Å²) in [6.07, 6.45) is -0.193. The smallest absolute Gasteiger partial charge is 0.249 e. The van der Waals surface area contributed by atoms with E-state index in [1.165, 1.54) is 4.90 Å². The van der Waals surface area contributed by atoms with Crippen LogP contribution in [0.2, 0.25) is 0 Å². The van der Waals surface area contributed by atoms with Crippen molar-refractivity contribution in [3.05, 3.63) is 39.8 Å². The number of carbonyl (C=O) groups excluding carboxylic acids is 3. The lowest BCUT2D eigenvalue weighted by molar-refractivity contribution is -0.138. The van der Waals surface area contributed by atoms with E-state index in [9.17, 15) is 14.4 Å². The van der Waals surface area contributed by atoms with E-state index in [-0.39, 0.29) is 30.8 Å². The highest BCUT2D eigenvalue weighted by Crippen LogP contribution is 2.37. The molecule has 0 saturated carbocycles. The first kappa shape index (κ1) is 27.8. The molecule has 3 fully saturated rings. The van der Waals surface area contributed by atoms with Crippen LogP contribution >= 0.6 is 0 Å². The summed E-state index contributed by atoms with van der Waals surface area (Å²) >= 11 is 0. The fourth-order valence-electron chi connectivity index (χ4n) is 5.77. The molecule has 3 aliphatic rings. The lowest BCUT2D eigenvalue weighted by Crippen LogP contribution is -2.47. The van der Waals surface area contributed by atoms with E-state index in [2.05, 4.69) is 19.8 Å². The number of carbonyl (C=O) groups is 3. The van der Waals surface area contributed by atoms with Gasteiger partial charge in [-0.2, -0.15) is 0 Å². The van der Waals surface area contributed by atoms with Crippen LogP contribution in [0.15, 0.2) is 23.3 Å². The Morgan fingerprint density at radius 3 is 2.63 bits per heavy atom. The van der Waals surface area contributed by atoms with Gasteiger partial charge in [0.15, 0.2) is 5.78 Å². The number of ketones is 1. The van der Waals surface area contributed by atoms with Gasteiger partial charge in [0.05, 0.1) is 24.7 Å². The van der Waals surface area contributed by atoms with Gasteiger partial charge in [-0.1, -0.05) is 19.0 Å². The summed E-state index contributed by atoms with van der Waals surface area (Å²) in [7, 11) is 1.70. The van der Waals surface area contributed by atoms with Crippen LogP contribution in [0.4, 0.5) is 5.69 Å². The number of nitrogens with two attached hydrogens (primary N) is 1. The van der Waals surface area contributed by atoms with Crippen molar-refractivity contribution >= 4 is 23.3 Å². The molecule has 0 radical (unpaired) electrons. The molecule has 2 N–H and O–H groups in total. The summed E-state index contributed by atoms with van der Waals surface area (Å²) in [6.45, 7) is 8.90. The summed E-state index contributed by atoms with van der Waals surface area (Å²) in [5.41, 5.74) is 16.6. The number of hydrogen-bond donors (Lipinski definition) is 1. The molecule has 4 atom stereocenters. The number of anilines is 1. The van der Waals surface area contributed by atoms with Gasteiger partial charge in [-0.05, 0) is 41.6 Å². The third-order valence-electron chi connectivity index (χ3n) is 7.67. The summed E-state index contributed by atoms with van der Waals surface area (Å²) in [6, 6.07) is 4.04. The Labute approximate surface area is 222 Å². The first-order chi connectivity index (χ1) is 18.2. The molecule has 3 aliphatic heterocycles. The minimum atomic E-state index is -0.798. The molecule has 0 aromatic heterocycles. The van der Waals surface area contributed by atoms with Crippen molar-refractivity contribution in [2.24, 2.45) is 16.8 Å². The van der Waals surface area contributed by atoms with Gasteiger partial charge in [-0.25, -0.2) is 0 Å². The second-order valence-corrected chi connectivity index (χ2v) is 10.6. The molecule has 0 aliphatic carbocycles. The summed E-state index contributed by atoms with van der Waals surface area (Å²) in [5, 5.41) is 3.79. The topological polar surface area (TPSA) is 154 Å². The van der Waals surface area contributed by atoms with Gasteiger partial charge in [0.2, 0.25) is 11.8 Å². The van der Waals surface area contributed by atoms with Gasteiger partial charge in [0, 0.05) is 62.5 Å². The number of ether oxygens (including phenoxy) is 2. The molecular formula is C26H37N7O5. The quantitative estimate of drug-likeness (QED) is 0.275. The number of Topliss-reactive ketones (excluding diaryl/α,β-unsaturated/α-hetero) is 1. The van der Waals surface area contributed by atoms with Crippen LogP contribution in [0.5, 0.6) is 0 Å². The maximum atomic E-state index is 14.1. The largest absolute Gasteiger partial charge is 0.383 e. The van der Waals surface area contributed by atoms with E-state index < -0.39 is 30.0 Å². The van der Waals surface area contributed by atoms with E-state index in [4.69, 9.17) is 20.7 Å². The zero-order valence-corrected chi connectivity index (χ0v) is 22.3. The van der Waals surface area contributed by atoms with Crippen molar-refractivity contribution in [2.75, 3.05) is 64.5 Å². The number of rotatable bonds is 10. The number of fused-ring (bicyclic) bond motifs is 1. The van der Waals surface area contributed by atoms with Gasteiger partial charge < -0.3 is 25.0 Å². The maximum absolute atomic E-state index is 14.1. The predicted octanol–water partition coefficient (Wildman–Crippen LogP) is 1.54. The van der Waals surface area contributed by atoms with Crippen LogP contribution in [0.3, 0.4) is 0 Å². The number of piperazine rings is 1. The number of likely N-dealkylation sites (tertiary alicyclic amines) is 1. The lowest BCUT2D eigenvalue weighted by Gasteiger charge is -2.36. The number of hydrogen-bond acceptors (Lipinski definition) is 8. The monoisotopic (exact) mass is 527 g/mol. The standard InChI is InChI=1S/C26H37N7O5/c1-16(2)12-20(26(36)33-14-21(29-30-28)24-23(33)22(34)15-38-24)19-13-17(4-5-18(19)25(27)35)32-8-6-31(7-9-32)10-11-37-3/h4-5,13,16,20-21,23-24H,6-12,14-15H2,1-3H3,(H2,27,35)/t20-,21+,23+,24+/m0/s1. The highest BCUT2D eigenvalue weighted by atomic mass is 16.5. The number of benzene rings is 1. The molecule has 12 heteroatoms. The molecule has 1 aromatic carbocycles. The highest BCUT2D eigenvalue weighted by Gasteiger charge is 2.53. The van der Waals surface area contributed by atoms with Crippen LogP contribution in [0.25, 0.3) is 10.4 Å². The van der Waals surface area contributed by atoms with E-state index >= 15 is 0 Å². The Morgan fingerprint density at radius 2 is 2.00 bits per heavy atom. The summed E-state index contributed by atoms with van der Waals surface area (Å²) < 4.78 is 10.8. The minimum absolute atomic E-state index is 0.0909. The Hall–Kier alpha value is -3.18. The van der Waals surface area contributed by atoms with Crippen LogP contribution in [-0.4, -0.2) is 105 Å². The number of nitrogens with zero attached hydrogens (tertiary/aromatic N) is 6. The Balaban J connectivity index is 1.65. The molecule has 0 bridgehead atoms. The fourth-order valence-corrected chi connectivity index (χ4v) is 5.77. The normalized spacial score (nSPS) is 24.4. The SMILES string of the molecule is COCCN1CCN(c2ccc(C(N)=O)c([C@H](CC(C)C)C(=O)N3C[C@@H](N=[N+]=[N-])[C@H]4OCC(=O)[C@H]43)c2)CC1. The lowest BCUT2D eigenvalue weighted by atomic mass is 9.85. The van der Waals surface area contributed by atoms with Crippen molar-refractivity contribution in [1.82, 2.24) is 9.80 Å². The maximum Gasteiger partial charge on any atom is 0.249 e. The molecule has 38 heavy (non-hydrogen) atoms. The summed E-state index contributed by atoms with van der Waals surface area (Å²) in [5.74, 6) is -1.67. The molecular weight excluding hydrogens is 490 g/mol. The Morgan fingerprint density at radius 1 is 1.26 bits per heavy atom. The van der Waals surface area contributed by atoms with Gasteiger partial charge in [-0.15, -0.1) is 0 Å². The van der Waals surface area contributed by atoms with Crippen LogP contribution in [0.1, 0.15) is 42.1 Å². The number of methoxy groups -OCH3 is 1. The van der Waals surface area contributed by atoms with Crippen molar-refractivity contribution in [2.45, 2.75) is 44.4 Å². The first-order valence-corrected chi connectivity index (χ1v) is 13.1. The fraction of sp³-hybridized carbons (Fsp3) is 0.654. The number of azide groups is 1. The molecule has 1 aromatic rings. The molecule has 0 spiro atoms. The third-order valence-corrected chi connectivity index (χ3v) is 7.67. The molecule has 206 valence electrons. The van der Waals surface area contributed by atoms with Crippen molar-refractivity contribution in [1.29, 1.82) is 0 Å². The van der Waals surface area contributed by atoms with Crippen LogP contribution in [0, 0.1) is 5.92 Å². The highest BCUT2D eigenvalue weighted by molar-refractivity contribution is 5.99. The second-order valence-electron chi connectivity index (χ2n) is 10.6. The molecule has 4 rings (SSSR count). The van der Waals surface area contributed by atoms with E-state index in [0.717, 1.165) is 38.4 Å². The second kappa shape index (κ2) is 12.1. The van der Waals surface area contributed by atoms with Crippen LogP contribution < -0.4 is 10.6 Å². The predicted molar refractivity (Wildman–Crippen MR) is 141 cm³/mol. The third kappa shape index (κ3) is 5.78. The van der Waals surface area contributed by atoms with Crippen LogP contribution in [-0.2, 0) is 19.1 Å². The zero-order chi connectivity index (χ0) is 27.4. The van der Waals surface area contributed by atoms with Gasteiger partial charge >= 0.3 is 0 Å². The van der Waals surface area contributed by atoms with E-state index in [0.29, 0.717) is 24.2 Å². The van der Waals surface area contributed by atoms with E-state index in [1.807, 2.05) is 26.0 Å². The Kier molecular flexibility index (Phi) is 8.88. The molecule has 0 unspecified atom stereocenters. The molecule has 3 heterocycles. The number of primary amides is 1. The summed E-state index contributed by atoms with van der Waals surface area (Å²) in [4.78, 5) is 48.3. The molecule has 2 amide bonds. The van der Waals surface area contributed by atoms with Crippen molar-refractivity contribution in [3.63, 3.8) is 0 Å². The van der Waals surface area contributed by atoms with Crippen molar-refractivity contribution in [3.8, 4) is 0 Å². The van der Waals surface area contributed by atoms with Gasteiger partial charge in [0.1, 0.15) is 12.6 Å². The molecule has 3 saturated heterocycles. The van der Waals surface area contributed by atoms with E-state index in [1.54, 1.807) is 13.2 Å². The molecule has 12 nitrogen and oxygen atoms in total. The Bertz CT molecular complexity index is 1100. The first-order valence-electron chi connectivity index (χ1n) is 13.1. The van der Waals surface area contributed by atoms with Gasteiger partial charge in [0.25, 0.3) is 0 Å². The average molecular weight is 528 g/mol. The minimum Gasteiger partial charge on any atom is -0.383 e. The number of amides is 2.